The Balaban J connectivity index is 2.14. The van der Waals surface area contributed by atoms with Crippen LogP contribution in [0.2, 0.25) is 5.02 Å². The molecule has 2 amide bonds. The summed E-state index contributed by atoms with van der Waals surface area (Å²) in [6.45, 7) is 6.75. The molecule has 0 aliphatic carbocycles. The van der Waals surface area contributed by atoms with E-state index in [1.54, 1.807) is 24.3 Å². The molecule has 1 fully saturated rings. The average molecular weight is 388 g/mol. The highest BCUT2D eigenvalue weighted by atomic mass is 35.5. The zero-order valence-corrected chi connectivity index (χ0v) is 16.3. The standard InChI is InChI=1S/C16H22ClN3O2S2/c1-4-5-10-19-13(16(2,3)24-15(19)23)20(22)14(21)18-12-8-6-11(17)7-9-12/h6-9,13,22H,4-5,10H2,1-3H3,(H,18,21)/t13-/m1/s1. The Morgan fingerprint density at radius 3 is 2.67 bits per heavy atom. The lowest BCUT2D eigenvalue weighted by Crippen LogP contribution is -2.55. The molecule has 0 saturated carbocycles. The molecule has 1 aromatic rings. The number of carbonyl (C=O) groups is 1. The molecule has 0 radical (unpaired) electrons. The van der Waals surface area contributed by atoms with Gasteiger partial charge in [-0.1, -0.05) is 48.9 Å². The van der Waals surface area contributed by atoms with Gasteiger partial charge in [0, 0.05) is 17.3 Å². The van der Waals surface area contributed by atoms with Gasteiger partial charge < -0.3 is 10.2 Å². The molecule has 5 nitrogen and oxygen atoms in total. The van der Waals surface area contributed by atoms with E-state index < -0.39 is 16.9 Å². The van der Waals surface area contributed by atoms with E-state index in [1.807, 2.05) is 18.7 Å². The lowest BCUT2D eigenvalue weighted by Gasteiger charge is -2.36. The summed E-state index contributed by atoms with van der Waals surface area (Å²) in [7, 11) is 0. The minimum atomic E-state index is -0.595. The van der Waals surface area contributed by atoms with Crippen LogP contribution in [0.1, 0.15) is 33.6 Å². The molecule has 2 N–H and O–H groups in total. The predicted octanol–water partition coefficient (Wildman–Crippen LogP) is 4.80. The maximum absolute atomic E-state index is 12.5. The fraction of sp³-hybridized carbons (Fsp3) is 0.500. The van der Waals surface area contributed by atoms with E-state index in [2.05, 4.69) is 12.2 Å². The van der Waals surface area contributed by atoms with E-state index in [0.29, 0.717) is 21.6 Å². The van der Waals surface area contributed by atoms with Gasteiger partial charge in [-0.05, 0) is 44.5 Å². The van der Waals surface area contributed by atoms with Crippen molar-refractivity contribution < 1.29 is 10.0 Å². The van der Waals surface area contributed by atoms with Crippen molar-refractivity contribution in [2.45, 2.75) is 44.5 Å². The van der Waals surface area contributed by atoms with Crippen LogP contribution in [-0.2, 0) is 0 Å². The van der Waals surface area contributed by atoms with Gasteiger partial charge in [-0.15, -0.1) is 0 Å². The SMILES string of the molecule is CCCCN1C(=S)SC(C)(C)[C@H]1N(O)C(=O)Nc1ccc(Cl)cc1. The second-order valence-corrected chi connectivity index (χ2v) is 8.90. The monoisotopic (exact) mass is 387 g/mol. The molecule has 0 bridgehead atoms. The highest BCUT2D eigenvalue weighted by Crippen LogP contribution is 2.42. The molecular formula is C16H22ClN3O2S2. The van der Waals surface area contributed by atoms with Crippen LogP contribution < -0.4 is 5.32 Å². The molecule has 0 spiro atoms. The fourth-order valence-electron chi connectivity index (χ4n) is 2.61. The molecule has 8 heteroatoms. The Kier molecular flexibility index (Phi) is 6.36. The van der Waals surface area contributed by atoms with Gasteiger partial charge in [-0.25, -0.2) is 4.79 Å². The summed E-state index contributed by atoms with van der Waals surface area (Å²) in [5.41, 5.74) is 0.564. The summed E-state index contributed by atoms with van der Waals surface area (Å²) in [6.07, 6.45) is 1.44. The summed E-state index contributed by atoms with van der Waals surface area (Å²) in [5.74, 6) is 0. The first-order valence-corrected chi connectivity index (χ1v) is 9.41. The van der Waals surface area contributed by atoms with Crippen molar-refractivity contribution in [3.8, 4) is 0 Å². The predicted molar refractivity (Wildman–Crippen MR) is 104 cm³/mol. The molecule has 1 aromatic carbocycles. The Labute approximate surface area is 157 Å². The Morgan fingerprint density at radius 2 is 2.08 bits per heavy atom. The van der Waals surface area contributed by atoms with Crippen molar-refractivity contribution in [2.75, 3.05) is 11.9 Å². The van der Waals surface area contributed by atoms with Gasteiger partial charge in [0.25, 0.3) is 0 Å². The summed E-state index contributed by atoms with van der Waals surface area (Å²) in [6, 6.07) is 6.13. The third-order valence-electron chi connectivity index (χ3n) is 3.79. The number of hydroxylamine groups is 2. The molecule has 1 heterocycles. The molecule has 1 aliphatic heterocycles. The van der Waals surface area contributed by atoms with Crippen LogP contribution in [-0.4, -0.2) is 43.0 Å². The van der Waals surface area contributed by atoms with Crippen molar-refractivity contribution in [3.05, 3.63) is 29.3 Å². The maximum atomic E-state index is 12.5. The molecule has 132 valence electrons. The number of unbranched alkanes of at least 4 members (excludes halogenated alkanes) is 1. The Hall–Kier alpha value is -1.02. The lowest BCUT2D eigenvalue weighted by molar-refractivity contribution is -0.114. The highest BCUT2D eigenvalue weighted by molar-refractivity contribution is 8.24. The van der Waals surface area contributed by atoms with E-state index in [-0.39, 0.29) is 0 Å². The number of anilines is 1. The van der Waals surface area contributed by atoms with Gasteiger partial charge in [-0.3, -0.25) is 5.21 Å². The summed E-state index contributed by atoms with van der Waals surface area (Å²) in [5, 5.41) is 14.5. The van der Waals surface area contributed by atoms with Gasteiger partial charge in [0.05, 0.1) is 4.75 Å². The largest absolute Gasteiger partial charge is 0.347 e. The van der Waals surface area contributed by atoms with E-state index in [1.165, 1.54) is 11.8 Å². The zero-order chi connectivity index (χ0) is 17.9. The number of thioether (sulfide) groups is 1. The summed E-state index contributed by atoms with van der Waals surface area (Å²) in [4.78, 5) is 14.4. The molecule has 1 aliphatic rings. The minimum absolute atomic E-state index is 0.406. The van der Waals surface area contributed by atoms with Crippen LogP contribution in [0.25, 0.3) is 0 Å². The van der Waals surface area contributed by atoms with Gasteiger partial charge in [0.15, 0.2) is 0 Å². The second kappa shape index (κ2) is 7.91. The van der Waals surface area contributed by atoms with Crippen molar-refractivity contribution in [3.63, 3.8) is 0 Å². The first kappa shape index (κ1) is 19.3. The zero-order valence-electron chi connectivity index (χ0n) is 14.0. The topological polar surface area (TPSA) is 55.8 Å². The van der Waals surface area contributed by atoms with Crippen molar-refractivity contribution in [1.82, 2.24) is 9.96 Å². The van der Waals surface area contributed by atoms with Crippen molar-refractivity contribution in [1.29, 1.82) is 0 Å². The second-order valence-electron chi connectivity index (χ2n) is 6.17. The van der Waals surface area contributed by atoms with Crippen LogP contribution in [0.3, 0.4) is 0 Å². The first-order chi connectivity index (χ1) is 11.3. The van der Waals surface area contributed by atoms with Gasteiger partial charge in [0.2, 0.25) is 0 Å². The molecular weight excluding hydrogens is 366 g/mol. The normalized spacial score (nSPS) is 19.5. The number of nitrogens with zero attached hydrogens (tertiary/aromatic N) is 2. The average Bonchev–Trinajstić information content (AvgIpc) is 2.75. The third-order valence-corrected chi connectivity index (χ3v) is 5.67. The molecule has 24 heavy (non-hydrogen) atoms. The van der Waals surface area contributed by atoms with Crippen molar-refractivity contribution in [2.24, 2.45) is 0 Å². The number of thiocarbonyl (C=S) groups is 1. The molecule has 0 unspecified atom stereocenters. The summed E-state index contributed by atoms with van der Waals surface area (Å²) < 4.78 is 0.300. The van der Waals surface area contributed by atoms with Crippen LogP contribution in [0, 0.1) is 0 Å². The number of carbonyl (C=O) groups excluding carboxylic acids is 1. The van der Waals surface area contributed by atoms with Gasteiger partial charge in [0.1, 0.15) is 10.5 Å². The quantitative estimate of drug-likeness (QED) is 0.431. The van der Waals surface area contributed by atoms with E-state index >= 15 is 0 Å². The van der Waals surface area contributed by atoms with E-state index in [0.717, 1.165) is 17.9 Å². The van der Waals surface area contributed by atoms with E-state index in [9.17, 15) is 10.0 Å². The van der Waals surface area contributed by atoms with Crippen LogP contribution in [0.5, 0.6) is 0 Å². The first-order valence-electron chi connectivity index (χ1n) is 7.80. The highest BCUT2D eigenvalue weighted by Gasteiger charge is 2.49. The lowest BCUT2D eigenvalue weighted by atomic mass is 10.1. The third kappa shape index (κ3) is 4.33. The number of hydrogen-bond donors (Lipinski definition) is 2. The van der Waals surface area contributed by atoms with Gasteiger partial charge >= 0.3 is 6.03 Å². The number of halogens is 1. The fourth-order valence-corrected chi connectivity index (χ4v) is 4.66. The Morgan fingerprint density at radius 1 is 1.46 bits per heavy atom. The number of amides is 2. The van der Waals surface area contributed by atoms with Crippen LogP contribution in [0.4, 0.5) is 10.5 Å². The maximum Gasteiger partial charge on any atom is 0.347 e. The molecule has 1 saturated heterocycles. The molecule has 0 aromatic heterocycles. The van der Waals surface area contributed by atoms with Crippen molar-refractivity contribution >= 4 is 51.6 Å². The number of nitrogens with one attached hydrogen (secondary N) is 1. The number of benzene rings is 1. The van der Waals surface area contributed by atoms with Crippen LogP contribution in [0.15, 0.2) is 24.3 Å². The smallest absolute Gasteiger partial charge is 0.334 e. The molecule has 1 atom stereocenters. The summed E-state index contributed by atoms with van der Waals surface area (Å²) >= 11 is 12.8. The number of urea groups is 1. The number of rotatable bonds is 5. The Bertz CT molecular complexity index is 610. The number of hydrogen-bond acceptors (Lipinski definition) is 4. The van der Waals surface area contributed by atoms with E-state index in [4.69, 9.17) is 23.8 Å². The van der Waals surface area contributed by atoms with Gasteiger partial charge in [-0.2, -0.15) is 5.06 Å². The molecule has 2 rings (SSSR count). The van der Waals surface area contributed by atoms with Crippen LogP contribution >= 0.6 is 35.6 Å². The minimum Gasteiger partial charge on any atom is -0.334 e.